The van der Waals surface area contributed by atoms with Gasteiger partial charge in [-0.1, -0.05) is 0 Å². The molecule has 1 aromatic rings. The summed E-state index contributed by atoms with van der Waals surface area (Å²) >= 11 is 0. The van der Waals surface area contributed by atoms with Crippen molar-refractivity contribution in [1.29, 1.82) is 0 Å². The van der Waals surface area contributed by atoms with Gasteiger partial charge >= 0.3 is 0 Å². The van der Waals surface area contributed by atoms with Crippen molar-refractivity contribution >= 4 is 11.0 Å². The Morgan fingerprint density at radius 1 is 1.33 bits per heavy atom. The molecule has 2 aliphatic rings. The van der Waals surface area contributed by atoms with Crippen LogP contribution < -0.4 is 0 Å². The molecule has 18 heavy (non-hydrogen) atoms. The van der Waals surface area contributed by atoms with Crippen LogP contribution in [0.25, 0.3) is 0 Å². The van der Waals surface area contributed by atoms with E-state index in [-0.39, 0.29) is 4.75 Å². The highest BCUT2D eigenvalue weighted by Crippen LogP contribution is 2.43. The van der Waals surface area contributed by atoms with E-state index in [9.17, 15) is 4.21 Å². The Hall–Kier alpha value is -0.850. The van der Waals surface area contributed by atoms with E-state index in [0.717, 1.165) is 37.2 Å². The van der Waals surface area contributed by atoms with Crippen LogP contribution in [0.5, 0.6) is 0 Å². The van der Waals surface area contributed by atoms with Crippen molar-refractivity contribution in [3.05, 3.63) is 23.8 Å². The lowest BCUT2D eigenvalue weighted by Crippen LogP contribution is -2.51. The summed E-state index contributed by atoms with van der Waals surface area (Å²) in [6.45, 7) is 2.63. The van der Waals surface area contributed by atoms with Gasteiger partial charge in [0.05, 0.1) is 5.69 Å². The van der Waals surface area contributed by atoms with Gasteiger partial charge in [0.2, 0.25) is 0 Å². The average molecular weight is 266 g/mol. The molecule has 0 radical (unpaired) electrons. The zero-order valence-corrected chi connectivity index (χ0v) is 11.6. The van der Waals surface area contributed by atoms with Gasteiger partial charge in [0.25, 0.3) is 0 Å². The lowest BCUT2D eigenvalue weighted by Gasteiger charge is -2.44. The van der Waals surface area contributed by atoms with Gasteiger partial charge in [0.1, 0.15) is 22.1 Å². The second kappa shape index (κ2) is 4.36. The lowest BCUT2D eigenvalue weighted by atomic mass is 9.89. The number of rotatable bonds is 0. The average Bonchev–Trinajstić information content (AvgIpc) is 2.39. The molecule has 0 N–H and O–H groups in total. The van der Waals surface area contributed by atoms with Gasteiger partial charge in [0.15, 0.2) is 0 Å². The standard InChI is InChI=1S/C12H18N4OS/c1-15-5-3-12(4-6-15)11-10(7-13-9-14-11)8-16(2)18(12)17/h7,9H,3-6,8H2,1-2H3. The maximum atomic E-state index is 12.7. The minimum Gasteiger partial charge on any atom is -0.306 e. The van der Waals surface area contributed by atoms with Gasteiger partial charge < -0.3 is 4.90 Å². The Bertz CT molecular complexity index is 485. The number of nitrogens with zero attached hydrogens (tertiary/aromatic N) is 4. The van der Waals surface area contributed by atoms with E-state index in [1.165, 1.54) is 0 Å². The zero-order valence-electron chi connectivity index (χ0n) is 10.8. The quantitative estimate of drug-likeness (QED) is 0.686. The number of aromatic nitrogens is 2. The molecule has 1 unspecified atom stereocenters. The van der Waals surface area contributed by atoms with E-state index in [2.05, 4.69) is 21.9 Å². The van der Waals surface area contributed by atoms with Crippen molar-refractivity contribution < 1.29 is 4.21 Å². The Labute approximate surface area is 110 Å². The zero-order chi connectivity index (χ0) is 12.8. The van der Waals surface area contributed by atoms with Gasteiger partial charge in [-0.05, 0) is 33.0 Å². The van der Waals surface area contributed by atoms with Crippen molar-refractivity contribution in [3.63, 3.8) is 0 Å². The Morgan fingerprint density at radius 2 is 2.06 bits per heavy atom. The van der Waals surface area contributed by atoms with Crippen LogP contribution in [0.1, 0.15) is 24.1 Å². The van der Waals surface area contributed by atoms with E-state index >= 15 is 0 Å². The number of piperidine rings is 1. The van der Waals surface area contributed by atoms with Crippen LogP contribution >= 0.6 is 0 Å². The maximum absolute atomic E-state index is 12.7. The summed E-state index contributed by atoms with van der Waals surface area (Å²) < 4.78 is 14.4. The molecule has 2 aliphatic heterocycles. The van der Waals surface area contributed by atoms with Crippen LogP contribution in [0, 0.1) is 0 Å². The van der Waals surface area contributed by atoms with Crippen molar-refractivity contribution in [2.45, 2.75) is 24.1 Å². The van der Waals surface area contributed by atoms with Gasteiger partial charge in [-0.15, -0.1) is 0 Å². The van der Waals surface area contributed by atoms with E-state index < -0.39 is 11.0 Å². The third-order valence-corrected chi connectivity index (χ3v) is 5.99. The SMILES string of the molecule is CN1CCC2(CC1)c1ncncc1CN(C)S2=O. The van der Waals surface area contributed by atoms with E-state index in [1.54, 1.807) is 6.33 Å². The van der Waals surface area contributed by atoms with Crippen LogP contribution in [0.15, 0.2) is 12.5 Å². The Balaban J connectivity index is 2.09. The summed E-state index contributed by atoms with van der Waals surface area (Å²) in [5.41, 5.74) is 2.14. The molecule has 0 aromatic carbocycles. The lowest BCUT2D eigenvalue weighted by molar-refractivity contribution is 0.224. The van der Waals surface area contributed by atoms with E-state index in [0.29, 0.717) is 6.54 Å². The normalized spacial score (nSPS) is 28.2. The highest BCUT2D eigenvalue weighted by molar-refractivity contribution is 7.83. The molecule has 0 aliphatic carbocycles. The fourth-order valence-electron chi connectivity index (χ4n) is 2.96. The topological polar surface area (TPSA) is 49.3 Å². The predicted molar refractivity (Wildman–Crippen MR) is 70.1 cm³/mol. The Kier molecular flexibility index (Phi) is 2.96. The van der Waals surface area contributed by atoms with Crippen LogP contribution in [0.4, 0.5) is 0 Å². The smallest absolute Gasteiger partial charge is 0.115 e. The molecule has 1 fully saturated rings. The molecular weight excluding hydrogens is 248 g/mol. The number of likely N-dealkylation sites (tertiary alicyclic amines) is 1. The largest absolute Gasteiger partial charge is 0.306 e. The van der Waals surface area contributed by atoms with Crippen molar-refractivity contribution in [1.82, 2.24) is 19.2 Å². The van der Waals surface area contributed by atoms with Crippen LogP contribution in [-0.4, -0.2) is 50.6 Å². The number of fused-ring (bicyclic) bond motifs is 2. The molecule has 3 heterocycles. The summed E-state index contributed by atoms with van der Waals surface area (Å²) in [5, 5.41) is 0. The Morgan fingerprint density at radius 3 is 2.78 bits per heavy atom. The van der Waals surface area contributed by atoms with Crippen molar-refractivity contribution in [2.75, 3.05) is 27.2 Å². The molecule has 1 saturated heterocycles. The van der Waals surface area contributed by atoms with E-state index in [4.69, 9.17) is 0 Å². The molecule has 0 saturated carbocycles. The fraction of sp³-hybridized carbons (Fsp3) is 0.667. The second-order valence-electron chi connectivity index (χ2n) is 5.23. The molecule has 1 atom stereocenters. The van der Waals surface area contributed by atoms with Gasteiger partial charge in [-0.2, -0.15) is 0 Å². The minimum atomic E-state index is -0.990. The molecule has 98 valence electrons. The molecule has 0 amide bonds. The molecule has 6 heteroatoms. The highest BCUT2D eigenvalue weighted by Gasteiger charge is 2.48. The molecule has 5 nitrogen and oxygen atoms in total. The number of hydrogen-bond acceptors (Lipinski definition) is 4. The van der Waals surface area contributed by atoms with Crippen molar-refractivity contribution in [2.24, 2.45) is 0 Å². The second-order valence-corrected chi connectivity index (χ2v) is 7.13. The number of hydrogen-bond donors (Lipinski definition) is 0. The third kappa shape index (κ3) is 1.71. The van der Waals surface area contributed by atoms with E-state index in [1.807, 2.05) is 17.5 Å². The van der Waals surface area contributed by atoms with Gasteiger partial charge in [0, 0.05) is 25.4 Å². The summed E-state index contributed by atoms with van der Waals surface area (Å²) in [6.07, 6.45) is 5.27. The highest BCUT2D eigenvalue weighted by atomic mass is 32.2. The summed E-state index contributed by atoms with van der Waals surface area (Å²) in [4.78, 5) is 10.8. The molecule has 3 rings (SSSR count). The maximum Gasteiger partial charge on any atom is 0.115 e. The van der Waals surface area contributed by atoms with Crippen molar-refractivity contribution in [3.8, 4) is 0 Å². The van der Waals surface area contributed by atoms with Crippen LogP contribution in [-0.2, 0) is 22.3 Å². The third-order valence-electron chi connectivity index (χ3n) is 4.02. The minimum absolute atomic E-state index is 0.294. The molecule has 0 bridgehead atoms. The first-order chi connectivity index (χ1) is 8.63. The summed E-state index contributed by atoms with van der Waals surface area (Å²) in [7, 11) is 3.05. The van der Waals surface area contributed by atoms with Crippen LogP contribution in [0.3, 0.4) is 0 Å². The fourth-order valence-corrected chi connectivity index (χ4v) is 4.69. The molecule has 1 aromatic heterocycles. The van der Waals surface area contributed by atoms with Crippen LogP contribution in [0.2, 0.25) is 0 Å². The monoisotopic (exact) mass is 266 g/mol. The summed E-state index contributed by atoms with van der Waals surface area (Å²) in [6, 6.07) is 0. The van der Waals surface area contributed by atoms with Gasteiger partial charge in [-0.3, -0.25) is 0 Å². The molecule has 1 spiro atoms. The first-order valence-electron chi connectivity index (χ1n) is 6.24. The first-order valence-corrected chi connectivity index (χ1v) is 7.35. The first kappa shape index (κ1) is 12.2. The predicted octanol–water partition coefficient (Wildman–Crippen LogP) is 0.507. The molecular formula is C12H18N4OS. The summed E-state index contributed by atoms with van der Waals surface area (Å²) in [5.74, 6) is 0. The van der Waals surface area contributed by atoms with Gasteiger partial charge in [-0.25, -0.2) is 18.5 Å².